The van der Waals surface area contributed by atoms with Crippen LogP contribution in [0.1, 0.15) is 39.7 Å². The van der Waals surface area contributed by atoms with Crippen molar-refractivity contribution in [2.45, 2.75) is 44.8 Å². The molecule has 0 radical (unpaired) electrons. The van der Waals surface area contributed by atoms with Gasteiger partial charge >= 0.3 is 5.97 Å². The molecule has 110 valence electrons. The Hall–Kier alpha value is -1.44. The summed E-state index contributed by atoms with van der Waals surface area (Å²) in [5.41, 5.74) is -1.14. The van der Waals surface area contributed by atoms with E-state index in [1.165, 1.54) is 11.8 Å². The van der Waals surface area contributed by atoms with Crippen LogP contribution in [0.5, 0.6) is 0 Å². The summed E-state index contributed by atoms with van der Waals surface area (Å²) >= 11 is 1.26. The molecule has 0 saturated heterocycles. The number of carbonyl (C=O) groups is 2. The first-order valence-corrected chi connectivity index (χ1v) is 7.56. The maximum Gasteiger partial charge on any atom is 0.319 e. The number of ether oxygens (including phenoxy) is 1. The molecule has 0 atom stereocenters. The molecule has 8 heteroatoms. The van der Waals surface area contributed by atoms with Crippen LogP contribution < -0.4 is 0 Å². The van der Waals surface area contributed by atoms with Gasteiger partial charge in [-0.15, -0.1) is 5.10 Å². The lowest BCUT2D eigenvalue weighted by atomic mass is 9.89. The number of thioether (sulfide) groups is 1. The monoisotopic (exact) mass is 298 g/mol. The fourth-order valence-corrected chi connectivity index (χ4v) is 2.60. The topological polar surface area (TPSA) is 87.0 Å². The number of Topliss-reactive ketones (excluding diaryl/α,β-unsaturated/α-hetero) is 1. The molecule has 1 aliphatic rings. The van der Waals surface area contributed by atoms with Gasteiger partial charge in [-0.3, -0.25) is 9.59 Å². The number of tetrazole rings is 1. The van der Waals surface area contributed by atoms with Crippen molar-refractivity contribution in [3.63, 3.8) is 0 Å². The number of esters is 1. The molecule has 0 unspecified atom stereocenters. The third-order valence-electron chi connectivity index (χ3n) is 3.17. The van der Waals surface area contributed by atoms with E-state index in [1.807, 2.05) is 0 Å². The second-order valence-corrected chi connectivity index (χ2v) is 6.14. The van der Waals surface area contributed by atoms with Crippen LogP contribution in [0.4, 0.5) is 0 Å². The van der Waals surface area contributed by atoms with E-state index in [2.05, 4.69) is 15.5 Å². The van der Waals surface area contributed by atoms with Crippen molar-refractivity contribution in [3.05, 3.63) is 0 Å². The summed E-state index contributed by atoms with van der Waals surface area (Å²) in [6.07, 6.45) is 2.14. The average Bonchev–Trinajstić information content (AvgIpc) is 3.15. The van der Waals surface area contributed by atoms with Gasteiger partial charge in [0.05, 0.1) is 18.4 Å². The fourth-order valence-electron chi connectivity index (χ4n) is 1.56. The van der Waals surface area contributed by atoms with E-state index in [1.54, 1.807) is 25.5 Å². The minimum absolute atomic E-state index is 0.152. The maximum absolute atomic E-state index is 12.2. The molecular weight excluding hydrogens is 280 g/mol. The second kappa shape index (κ2) is 5.90. The maximum atomic E-state index is 12.2. The number of rotatable bonds is 7. The molecule has 1 aliphatic carbocycles. The third-order valence-corrected chi connectivity index (χ3v) is 4.10. The molecule has 0 aliphatic heterocycles. The van der Waals surface area contributed by atoms with E-state index in [0.29, 0.717) is 11.2 Å². The van der Waals surface area contributed by atoms with Crippen molar-refractivity contribution in [2.75, 3.05) is 12.4 Å². The lowest BCUT2D eigenvalue weighted by molar-refractivity contribution is -0.157. The molecule has 1 fully saturated rings. The van der Waals surface area contributed by atoms with Crippen molar-refractivity contribution in [2.24, 2.45) is 5.41 Å². The number of ketones is 1. The number of carbonyl (C=O) groups excluding carboxylic acids is 2. The summed E-state index contributed by atoms with van der Waals surface area (Å²) in [5.74, 6) is -0.530. The molecule has 0 spiro atoms. The predicted molar refractivity (Wildman–Crippen MR) is 72.2 cm³/mol. The molecule has 1 aromatic rings. The smallest absolute Gasteiger partial charge is 0.319 e. The molecule has 0 bridgehead atoms. The zero-order valence-electron chi connectivity index (χ0n) is 11.8. The van der Waals surface area contributed by atoms with Crippen molar-refractivity contribution in [3.8, 4) is 0 Å². The predicted octanol–water partition coefficient (Wildman–Crippen LogP) is 1.26. The highest BCUT2D eigenvalue weighted by molar-refractivity contribution is 7.99. The van der Waals surface area contributed by atoms with Crippen LogP contribution in [0.15, 0.2) is 5.16 Å². The van der Waals surface area contributed by atoms with Crippen molar-refractivity contribution < 1.29 is 14.3 Å². The Bertz CT molecular complexity index is 511. The Balaban J connectivity index is 1.94. The van der Waals surface area contributed by atoms with Crippen molar-refractivity contribution >= 4 is 23.5 Å². The van der Waals surface area contributed by atoms with Gasteiger partial charge in [-0.1, -0.05) is 11.8 Å². The van der Waals surface area contributed by atoms with Gasteiger partial charge in [0.2, 0.25) is 5.16 Å². The van der Waals surface area contributed by atoms with E-state index in [0.717, 1.165) is 12.8 Å². The summed E-state index contributed by atoms with van der Waals surface area (Å²) in [4.78, 5) is 23.9. The van der Waals surface area contributed by atoms with Gasteiger partial charge < -0.3 is 4.74 Å². The molecule has 7 nitrogen and oxygen atoms in total. The molecule has 2 rings (SSSR count). The minimum Gasteiger partial charge on any atom is -0.465 e. The van der Waals surface area contributed by atoms with Crippen molar-refractivity contribution in [1.82, 2.24) is 20.2 Å². The van der Waals surface area contributed by atoms with Crippen molar-refractivity contribution in [1.29, 1.82) is 0 Å². The first-order chi connectivity index (χ1) is 9.46. The van der Waals surface area contributed by atoms with E-state index < -0.39 is 11.4 Å². The molecule has 0 amide bonds. The summed E-state index contributed by atoms with van der Waals surface area (Å²) in [5, 5.41) is 12.1. The molecule has 1 aromatic heterocycles. The lowest BCUT2D eigenvalue weighted by Crippen LogP contribution is -2.36. The highest BCUT2D eigenvalue weighted by Crippen LogP contribution is 2.36. The van der Waals surface area contributed by atoms with Gasteiger partial charge in [-0.25, -0.2) is 4.68 Å². The van der Waals surface area contributed by atoms with Gasteiger partial charge in [0.15, 0.2) is 5.78 Å². The molecule has 20 heavy (non-hydrogen) atoms. The van der Waals surface area contributed by atoms with E-state index in [-0.39, 0.29) is 18.1 Å². The number of nitrogens with zero attached hydrogens (tertiary/aromatic N) is 4. The van der Waals surface area contributed by atoms with Gasteiger partial charge in [0.1, 0.15) is 5.41 Å². The Morgan fingerprint density at radius 2 is 2.15 bits per heavy atom. The standard InChI is InChI=1S/C12H18N4O3S/c1-4-19-10(18)12(2,3)9(17)7-20-11-13-14-15-16(11)8-5-6-8/h8H,4-7H2,1-3H3. The highest BCUT2D eigenvalue weighted by Gasteiger charge is 2.37. The van der Waals surface area contributed by atoms with Crippen LogP contribution in [0.3, 0.4) is 0 Å². The van der Waals surface area contributed by atoms with Crippen LogP contribution in [0.2, 0.25) is 0 Å². The second-order valence-electron chi connectivity index (χ2n) is 5.19. The Morgan fingerprint density at radius 1 is 1.45 bits per heavy atom. The van der Waals surface area contributed by atoms with E-state index in [4.69, 9.17) is 4.74 Å². The van der Waals surface area contributed by atoms with Gasteiger partial charge in [-0.05, 0) is 44.0 Å². The first-order valence-electron chi connectivity index (χ1n) is 6.58. The summed E-state index contributed by atoms with van der Waals surface area (Å²) in [7, 11) is 0. The van der Waals surface area contributed by atoms with Gasteiger partial charge in [0, 0.05) is 0 Å². The van der Waals surface area contributed by atoms with Crippen LogP contribution in [-0.2, 0) is 14.3 Å². The summed E-state index contributed by atoms with van der Waals surface area (Å²) < 4.78 is 6.67. The Morgan fingerprint density at radius 3 is 2.75 bits per heavy atom. The first kappa shape index (κ1) is 15.0. The lowest BCUT2D eigenvalue weighted by Gasteiger charge is -2.20. The highest BCUT2D eigenvalue weighted by atomic mass is 32.2. The van der Waals surface area contributed by atoms with E-state index in [9.17, 15) is 9.59 Å². The molecule has 0 N–H and O–H groups in total. The van der Waals surface area contributed by atoms with Crippen LogP contribution in [-0.4, -0.2) is 44.3 Å². The third kappa shape index (κ3) is 3.17. The average molecular weight is 298 g/mol. The minimum atomic E-state index is -1.14. The van der Waals surface area contributed by atoms with Gasteiger partial charge in [-0.2, -0.15) is 0 Å². The summed E-state index contributed by atoms with van der Waals surface area (Å²) in [6, 6.07) is 0.362. The number of hydrogen-bond donors (Lipinski definition) is 0. The quantitative estimate of drug-likeness (QED) is 0.425. The Labute approximate surface area is 121 Å². The molecule has 1 heterocycles. The molecule has 1 saturated carbocycles. The molecular formula is C12H18N4O3S. The van der Waals surface area contributed by atoms with Crippen LogP contribution in [0, 0.1) is 5.41 Å². The zero-order chi connectivity index (χ0) is 14.8. The van der Waals surface area contributed by atoms with Gasteiger partial charge in [0.25, 0.3) is 0 Å². The van der Waals surface area contributed by atoms with Crippen LogP contribution in [0.25, 0.3) is 0 Å². The largest absolute Gasteiger partial charge is 0.465 e. The SMILES string of the molecule is CCOC(=O)C(C)(C)C(=O)CSc1nnnn1C1CC1. The zero-order valence-corrected chi connectivity index (χ0v) is 12.6. The summed E-state index contributed by atoms with van der Waals surface area (Å²) in [6.45, 7) is 5.15. The number of hydrogen-bond acceptors (Lipinski definition) is 7. The normalized spacial score (nSPS) is 15.2. The van der Waals surface area contributed by atoms with E-state index >= 15 is 0 Å². The molecule has 0 aromatic carbocycles. The fraction of sp³-hybridized carbons (Fsp3) is 0.750. The Kier molecular flexibility index (Phi) is 4.42. The van der Waals surface area contributed by atoms with Crippen LogP contribution >= 0.6 is 11.8 Å². The number of aromatic nitrogens is 4.